The summed E-state index contributed by atoms with van der Waals surface area (Å²) in [5, 5.41) is 26.9. The van der Waals surface area contributed by atoms with E-state index in [2.05, 4.69) is 39.3 Å². The maximum atomic E-state index is 13.5. The third kappa shape index (κ3) is 10.2. The van der Waals surface area contributed by atoms with Gasteiger partial charge in [-0.2, -0.15) is 0 Å². The molecule has 0 heterocycles. The van der Waals surface area contributed by atoms with Gasteiger partial charge < -0.3 is 25.7 Å². The largest absolute Gasteiger partial charge is 0.392 e. The van der Waals surface area contributed by atoms with Crippen LogP contribution in [0.3, 0.4) is 0 Å². The van der Waals surface area contributed by atoms with E-state index in [1.807, 2.05) is 74.2 Å². The summed E-state index contributed by atoms with van der Waals surface area (Å²) in [6.07, 6.45) is 1.26. The van der Waals surface area contributed by atoms with E-state index in [0.717, 1.165) is 38.7 Å². The van der Waals surface area contributed by atoms with Gasteiger partial charge in [-0.25, -0.2) is 0 Å². The number of nitrogens with one attached hydrogen (secondary N) is 2. The standard InChI is InChI=1S/C33H42IN3O4/c1-4-13-37(14-5-2)33(41)28-16-23(3)15-27(19-28)32(40)36-30(18-24-9-11-25(22-38)12-10-24)31(39)21-35-20-26-7-6-8-29(34)17-26/h6-12,15-17,19,30-31,35,38-39H,4-5,13-14,18,20-22H2,1-3H3,(H,36,40)/t30-,31+/m0/s1. The summed E-state index contributed by atoms with van der Waals surface area (Å²) < 4.78 is 1.14. The topological polar surface area (TPSA) is 102 Å². The molecule has 2 amide bonds. The first-order valence-corrected chi connectivity index (χ1v) is 15.4. The number of nitrogens with zero attached hydrogens (tertiary/aromatic N) is 1. The minimum atomic E-state index is -0.866. The van der Waals surface area contributed by atoms with Crippen LogP contribution in [-0.4, -0.2) is 58.7 Å². The zero-order valence-electron chi connectivity index (χ0n) is 24.2. The molecule has 0 saturated heterocycles. The van der Waals surface area contributed by atoms with E-state index in [0.29, 0.717) is 37.2 Å². The average molecular weight is 672 g/mol. The van der Waals surface area contributed by atoms with Crippen LogP contribution < -0.4 is 10.6 Å². The highest BCUT2D eigenvalue weighted by atomic mass is 127. The Morgan fingerprint density at radius 1 is 0.902 bits per heavy atom. The molecule has 0 bridgehead atoms. The minimum absolute atomic E-state index is 0.0479. The molecule has 8 heteroatoms. The minimum Gasteiger partial charge on any atom is -0.392 e. The van der Waals surface area contributed by atoms with Gasteiger partial charge in [-0.1, -0.05) is 50.2 Å². The molecule has 0 fully saturated rings. The molecule has 3 rings (SSSR count). The molecule has 0 aliphatic heterocycles. The zero-order chi connectivity index (χ0) is 29.8. The monoisotopic (exact) mass is 671 g/mol. The molecule has 3 aromatic rings. The Morgan fingerprint density at radius 3 is 2.20 bits per heavy atom. The molecule has 7 nitrogen and oxygen atoms in total. The normalized spacial score (nSPS) is 12.5. The molecule has 0 radical (unpaired) electrons. The van der Waals surface area contributed by atoms with Crippen LogP contribution in [0.2, 0.25) is 0 Å². The van der Waals surface area contributed by atoms with Crippen LogP contribution in [-0.2, 0) is 19.6 Å². The van der Waals surface area contributed by atoms with Crippen molar-refractivity contribution in [2.75, 3.05) is 19.6 Å². The second-order valence-corrected chi connectivity index (χ2v) is 11.7. The van der Waals surface area contributed by atoms with Crippen molar-refractivity contribution in [3.63, 3.8) is 0 Å². The third-order valence-corrected chi connectivity index (χ3v) is 7.55. The number of carbonyl (C=O) groups excluding carboxylic acids is 2. The molecule has 41 heavy (non-hydrogen) atoms. The maximum absolute atomic E-state index is 13.5. The molecule has 220 valence electrons. The van der Waals surface area contributed by atoms with Gasteiger partial charge in [-0.05, 0) is 101 Å². The Labute approximate surface area is 257 Å². The number of aliphatic hydroxyl groups excluding tert-OH is 2. The number of hydrogen-bond acceptors (Lipinski definition) is 5. The first-order valence-electron chi connectivity index (χ1n) is 14.3. The molecule has 0 spiro atoms. The van der Waals surface area contributed by atoms with Gasteiger partial charge in [0.15, 0.2) is 0 Å². The van der Waals surface area contributed by atoms with Crippen molar-refractivity contribution in [3.05, 3.63) is 104 Å². The van der Waals surface area contributed by atoms with Crippen LogP contribution in [0.1, 0.15) is 69.7 Å². The summed E-state index contributed by atoms with van der Waals surface area (Å²) in [5.74, 6) is -0.416. The van der Waals surface area contributed by atoms with E-state index in [-0.39, 0.29) is 25.0 Å². The second kappa shape index (κ2) is 16.6. The van der Waals surface area contributed by atoms with Crippen LogP contribution in [0.4, 0.5) is 0 Å². The number of aliphatic hydroxyl groups is 2. The quantitative estimate of drug-likeness (QED) is 0.173. The molecule has 0 saturated carbocycles. The Balaban J connectivity index is 1.78. The lowest BCUT2D eigenvalue weighted by molar-refractivity contribution is 0.0755. The molecular weight excluding hydrogens is 629 g/mol. The molecular formula is C33H42IN3O4. The maximum Gasteiger partial charge on any atom is 0.253 e. The van der Waals surface area contributed by atoms with E-state index in [4.69, 9.17) is 0 Å². The predicted octanol–water partition coefficient (Wildman–Crippen LogP) is 4.85. The first-order chi connectivity index (χ1) is 19.7. The fourth-order valence-electron chi connectivity index (χ4n) is 4.80. The first kappa shape index (κ1) is 32.7. The molecule has 0 unspecified atom stereocenters. The molecule has 0 aromatic heterocycles. The summed E-state index contributed by atoms with van der Waals surface area (Å²) in [5.41, 5.74) is 4.55. The molecule has 3 aromatic carbocycles. The van der Waals surface area contributed by atoms with Crippen LogP contribution in [0.25, 0.3) is 0 Å². The molecule has 2 atom stereocenters. The van der Waals surface area contributed by atoms with Crippen LogP contribution >= 0.6 is 22.6 Å². The van der Waals surface area contributed by atoms with E-state index in [1.165, 1.54) is 0 Å². The summed E-state index contributed by atoms with van der Waals surface area (Å²) >= 11 is 2.27. The Morgan fingerprint density at radius 2 is 1.56 bits per heavy atom. The van der Waals surface area contributed by atoms with Gasteiger partial charge in [-0.3, -0.25) is 9.59 Å². The number of amides is 2. The molecule has 0 aliphatic carbocycles. The van der Waals surface area contributed by atoms with Crippen LogP contribution in [0.5, 0.6) is 0 Å². The van der Waals surface area contributed by atoms with Crippen molar-refractivity contribution >= 4 is 34.4 Å². The van der Waals surface area contributed by atoms with Gasteiger partial charge in [-0.15, -0.1) is 0 Å². The fraction of sp³-hybridized carbons (Fsp3) is 0.394. The van der Waals surface area contributed by atoms with Gasteiger partial charge in [0.25, 0.3) is 11.8 Å². The highest BCUT2D eigenvalue weighted by Crippen LogP contribution is 2.16. The van der Waals surface area contributed by atoms with Crippen molar-refractivity contribution in [2.45, 2.75) is 65.3 Å². The van der Waals surface area contributed by atoms with Crippen molar-refractivity contribution in [1.29, 1.82) is 0 Å². The number of rotatable bonds is 15. The number of halogens is 1. The van der Waals surface area contributed by atoms with E-state index in [9.17, 15) is 19.8 Å². The van der Waals surface area contributed by atoms with E-state index in [1.54, 1.807) is 12.1 Å². The summed E-state index contributed by atoms with van der Waals surface area (Å²) in [7, 11) is 0. The summed E-state index contributed by atoms with van der Waals surface area (Å²) in [6, 6.07) is 20.3. The number of benzene rings is 3. The Bertz CT molecular complexity index is 1280. The Kier molecular flexibility index (Phi) is 13.2. The van der Waals surface area contributed by atoms with Gasteiger partial charge in [0.1, 0.15) is 0 Å². The second-order valence-electron chi connectivity index (χ2n) is 10.5. The third-order valence-electron chi connectivity index (χ3n) is 6.87. The van der Waals surface area contributed by atoms with Crippen molar-refractivity contribution < 1.29 is 19.8 Å². The number of hydrogen-bond donors (Lipinski definition) is 4. The highest BCUT2D eigenvalue weighted by Gasteiger charge is 2.24. The summed E-state index contributed by atoms with van der Waals surface area (Å²) in [6.45, 7) is 8.13. The fourth-order valence-corrected chi connectivity index (χ4v) is 5.41. The number of carbonyl (C=O) groups is 2. The SMILES string of the molecule is CCCN(CCC)C(=O)c1cc(C)cc(C(=O)N[C@@H](Cc2ccc(CO)cc2)[C@H](O)CNCc2cccc(I)c2)c1. The lowest BCUT2D eigenvalue weighted by Gasteiger charge is -2.25. The lowest BCUT2D eigenvalue weighted by Crippen LogP contribution is -2.48. The average Bonchev–Trinajstić information content (AvgIpc) is 2.96. The zero-order valence-corrected chi connectivity index (χ0v) is 26.4. The predicted molar refractivity (Wildman–Crippen MR) is 172 cm³/mol. The molecule has 0 aliphatic rings. The van der Waals surface area contributed by atoms with Gasteiger partial charge in [0.05, 0.1) is 18.8 Å². The van der Waals surface area contributed by atoms with Gasteiger partial charge in [0.2, 0.25) is 0 Å². The smallest absolute Gasteiger partial charge is 0.253 e. The highest BCUT2D eigenvalue weighted by molar-refractivity contribution is 14.1. The summed E-state index contributed by atoms with van der Waals surface area (Å²) in [4.78, 5) is 28.6. The molecule has 4 N–H and O–H groups in total. The lowest BCUT2D eigenvalue weighted by atomic mass is 9.98. The van der Waals surface area contributed by atoms with Crippen LogP contribution in [0.15, 0.2) is 66.7 Å². The van der Waals surface area contributed by atoms with Crippen LogP contribution in [0, 0.1) is 10.5 Å². The van der Waals surface area contributed by atoms with Crippen molar-refractivity contribution in [1.82, 2.24) is 15.5 Å². The van der Waals surface area contributed by atoms with E-state index < -0.39 is 12.1 Å². The van der Waals surface area contributed by atoms with Gasteiger partial charge >= 0.3 is 0 Å². The number of aryl methyl sites for hydroxylation is 1. The van der Waals surface area contributed by atoms with Crippen molar-refractivity contribution in [3.8, 4) is 0 Å². The van der Waals surface area contributed by atoms with Crippen molar-refractivity contribution in [2.24, 2.45) is 0 Å². The Hall–Kier alpha value is -2.79. The van der Waals surface area contributed by atoms with Gasteiger partial charge in [0, 0.05) is 40.9 Å². The van der Waals surface area contributed by atoms with E-state index >= 15 is 0 Å².